The van der Waals surface area contributed by atoms with Crippen molar-refractivity contribution in [3.05, 3.63) is 0 Å². The zero-order valence-electron chi connectivity index (χ0n) is 14.9. The fourth-order valence-corrected chi connectivity index (χ4v) is 4.05. The highest BCUT2D eigenvalue weighted by Gasteiger charge is 2.43. The topological polar surface area (TPSA) is 79.3 Å². The normalized spacial score (nSPS) is 28.2. The van der Waals surface area contributed by atoms with E-state index in [0.717, 1.165) is 0 Å². The summed E-state index contributed by atoms with van der Waals surface area (Å²) in [4.78, 5) is 28.3. The molecule has 0 unspecified atom stereocenters. The van der Waals surface area contributed by atoms with E-state index in [1.807, 2.05) is 27.8 Å². The summed E-state index contributed by atoms with van der Waals surface area (Å²) in [6, 6.07) is -0.102. The number of hydrogen-bond acceptors (Lipinski definition) is 7. The summed E-state index contributed by atoms with van der Waals surface area (Å²) in [7, 11) is 1.98. The van der Waals surface area contributed by atoms with E-state index in [1.165, 1.54) is 16.7 Å². The van der Waals surface area contributed by atoms with Gasteiger partial charge in [-0.3, -0.25) is 9.69 Å². The smallest absolute Gasteiger partial charge is 0.417 e. The molecular weight excluding hydrogens is 332 g/mol. The van der Waals surface area contributed by atoms with Crippen molar-refractivity contribution in [3.63, 3.8) is 0 Å². The molecule has 0 aromatic heterocycles. The highest BCUT2D eigenvalue weighted by molar-refractivity contribution is 8.00. The summed E-state index contributed by atoms with van der Waals surface area (Å²) >= 11 is 1.39. The molecule has 2 aliphatic rings. The van der Waals surface area contributed by atoms with Crippen molar-refractivity contribution in [2.24, 2.45) is 0 Å². The number of carbonyl (C=O) groups excluding carboxylic acids is 2. The molecule has 3 atom stereocenters. The monoisotopic (exact) mass is 360 g/mol. The van der Waals surface area contributed by atoms with E-state index >= 15 is 0 Å². The Balaban J connectivity index is 2.10. The van der Waals surface area contributed by atoms with Crippen LogP contribution in [-0.4, -0.2) is 82.6 Å². The molecule has 0 bridgehead atoms. The summed E-state index contributed by atoms with van der Waals surface area (Å²) < 4.78 is 10.8. The highest BCUT2D eigenvalue weighted by Crippen LogP contribution is 2.31. The lowest BCUT2D eigenvalue weighted by atomic mass is 10.1. The standard InChI is InChI=1S/C16H28N2O5S/c1-5-11-9-22-15(21)18(11)14(20)13(24-7-6-19)8-12-10-23-16(2,3)17(12)4/h11-13,19H,5-10H2,1-4H3/t11-,12-,13-/m0/s1. The van der Waals surface area contributed by atoms with Crippen LogP contribution in [0, 0.1) is 0 Å². The summed E-state index contributed by atoms with van der Waals surface area (Å²) in [5.41, 5.74) is -0.363. The van der Waals surface area contributed by atoms with Crippen LogP contribution in [0.3, 0.4) is 0 Å². The Morgan fingerprint density at radius 1 is 1.42 bits per heavy atom. The molecule has 0 saturated carbocycles. The van der Waals surface area contributed by atoms with Gasteiger partial charge in [-0.05, 0) is 33.7 Å². The zero-order valence-corrected chi connectivity index (χ0v) is 15.7. The van der Waals surface area contributed by atoms with Crippen LogP contribution in [0.15, 0.2) is 0 Å². The van der Waals surface area contributed by atoms with E-state index in [9.17, 15) is 9.59 Å². The third-order valence-electron chi connectivity index (χ3n) is 4.87. The molecule has 2 aliphatic heterocycles. The van der Waals surface area contributed by atoms with Crippen molar-refractivity contribution in [2.45, 2.75) is 56.7 Å². The molecule has 2 heterocycles. The molecule has 0 aromatic rings. The van der Waals surface area contributed by atoms with Gasteiger partial charge in [-0.1, -0.05) is 6.92 Å². The predicted molar refractivity (Wildman–Crippen MR) is 91.8 cm³/mol. The number of ether oxygens (including phenoxy) is 2. The number of amides is 2. The first-order valence-electron chi connectivity index (χ1n) is 8.41. The lowest BCUT2D eigenvalue weighted by Gasteiger charge is -2.31. The van der Waals surface area contributed by atoms with Crippen molar-refractivity contribution >= 4 is 23.8 Å². The van der Waals surface area contributed by atoms with E-state index in [1.54, 1.807) is 0 Å². The first kappa shape index (κ1) is 19.5. The molecule has 0 radical (unpaired) electrons. The summed E-state index contributed by atoms with van der Waals surface area (Å²) in [6.45, 7) is 6.74. The number of aliphatic hydroxyl groups excluding tert-OH is 1. The number of aliphatic hydroxyl groups is 1. The van der Waals surface area contributed by atoms with Gasteiger partial charge in [-0.2, -0.15) is 0 Å². The second kappa shape index (κ2) is 8.03. The van der Waals surface area contributed by atoms with Crippen LogP contribution >= 0.6 is 11.8 Å². The average molecular weight is 360 g/mol. The molecule has 0 aromatic carbocycles. The zero-order chi connectivity index (χ0) is 17.9. The lowest BCUT2D eigenvalue weighted by molar-refractivity contribution is -0.129. The molecule has 2 saturated heterocycles. The van der Waals surface area contributed by atoms with Gasteiger partial charge in [0.05, 0.1) is 24.5 Å². The first-order valence-corrected chi connectivity index (χ1v) is 9.45. The molecule has 2 fully saturated rings. The number of hydrogen-bond donors (Lipinski definition) is 1. The number of cyclic esters (lactones) is 1. The third kappa shape index (κ3) is 4.04. The van der Waals surface area contributed by atoms with Gasteiger partial charge in [0.1, 0.15) is 12.3 Å². The van der Waals surface area contributed by atoms with E-state index in [0.29, 0.717) is 25.2 Å². The van der Waals surface area contributed by atoms with E-state index in [-0.39, 0.29) is 36.9 Å². The van der Waals surface area contributed by atoms with Crippen molar-refractivity contribution in [2.75, 3.05) is 32.6 Å². The second-order valence-electron chi connectivity index (χ2n) is 6.69. The molecule has 24 heavy (non-hydrogen) atoms. The van der Waals surface area contributed by atoms with Gasteiger partial charge in [-0.25, -0.2) is 9.69 Å². The minimum atomic E-state index is -0.558. The predicted octanol–water partition coefficient (Wildman–Crippen LogP) is 1.29. The average Bonchev–Trinajstić information content (AvgIpc) is 3.04. The quantitative estimate of drug-likeness (QED) is 0.733. The summed E-state index contributed by atoms with van der Waals surface area (Å²) in [6.07, 6.45) is 0.690. The van der Waals surface area contributed by atoms with Crippen LogP contribution in [0.25, 0.3) is 0 Å². The summed E-state index contributed by atoms with van der Waals surface area (Å²) in [5, 5.41) is 8.73. The molecule has 0 aliphatic carbocycles. The molecule has 1 N–H and O–H groups in total. The fourth-order valence-electron chi connectivity index (χ4n) is 3.05. The van der Waals surface area contributed by atoms with Crippen LogP contribution in [0.2, 0.25) is 0 Å². The van der Waals surface area contributed by atoms with Gasteiger partial charge in [0.2, 0.25) is 5.91 Å². The Labute approximate surface area is 147 Å². The maximum Gasteiger partial charge on any atom is 0.417 e. The van der Waals surface area contributed by atoms with Gasteiger partial charge in [0.15, 0.2) is 0 Å². The lowest BCUT2D eigenvalue weighted by Crippen LogP contribution is -2.47. The van der Waals surface area contributed by atoms with Gasteiger partial charge in [0.25, 0.3) is 0 Å². The minimum Gasteiger partial charge on any atom is -0.447 e. The van der Waals surface area contributed by atoms with E-state index in [2.05, 4.69) is 4.90 Å². The molecule has 0 spiro atoms. The van der Waals surface area contributed by atoms with Crippen LogP contribution < -0.4 is 0 Å². The number of carbonyl (C=O) groups is 2. The van der Waals surface area contributed by atoms with Crippen molar-refractivity contribution in [1.29, 1.82) is 0 Å². The Kier molecular flexibility index (Phi) is 6.52. The molecule has 138 valence electrons. The Morgan fingerprint density at radius 2 is 2.12 bits per heavy atom. The van der Waals surface area contributed by atoms with Crippen LogP contribution in [0.4, 0.5) is 4.79 Å². The van der Waals surface area contributed by atoms with E-state index < -0.39 is 11.3 Å². The maximum absolute atomic E-state index is 13.0. The van der Waals surface area contributed by atoms with Crippen molar-refractivity contribution in [1.82, 2.24) is 9.80 Å². The van der Waals surface area contributed by atoms with Gasteiger partial charge in [0, 0.05) is 11.8 Å². The van der Waals surface area contributed by atoms with Crippen LogP contribution in [0.5, 0.6) is 0 Å². The fraction of sp³-hybridized carbons (Fsp3) is 0.875. The molecular formula is C16H28N2O5S. The molecule has 7 nitrogen and oxygen atoms in total. The Hall–Kier alpha value is -0.830. The third-order valence-corrected chi connectivity index (χ3v) is 6.08. The first-order chi connectivity index (χ1) is 11.3. The maximum atomic E-state index is 13.0. The SMILES string of the molecule is CC[C@H]1COC(=O)N1C(=O)[C@H](C[C@H]1COC(C)(C)N1C)SCCO. The van der Waals surface area contributed by atoms with Crippen molar-refractivity contribution in [3.8, 4) is 0 Å². The van der Waals surface area contributed by atoms with Crippen LogP contribution in [-0.2, 0) is 14.3 Å². The Bertz CT molecular complexity index is 473. The Morgan fingerprint density at radius 3 is 2.67 bits per heavy atom. The number of imide groups is 1. The second-order valence-corrected chi connectivity index (χ2v) is 8.00. The highest BCUT2D eigenvalue weighted by atomic mass is 32.2. The number of likely N-dealkylation sites (N-methyl/N-ethyl adjacent to an activating group) is 1. The molecule has 8 heteroatoms. The van der Waals surface area contributed by atoms with Crippen molar-refractivity contribution < 1.29 is 24.2 Å². The van der Waals surface area contributed by atoms with Gasteiger partial charge >= 0.3 is 6.09 Å². The van der Waals surface area contributed by atoms with Gasteiger partial charge in [-0.15, -0.1) is 11.8 Å². The molecule has 2 amide bonds. The number of rotatable bonds is 7. The van der Waals surface area contributed by atoms with Crippen LogP contribution in [0.1, 0.15) is 33.6 Å². The number of nitrogens with zero attached hydrogens (tertiary/aromatic N) is 2. The molecule has 2 rings (SSSR count). The minimum absolute atomic E-state index is 0.00139. The van der Waals surface area contributed by atoms with Gasteiger partial charge < -0.3 is 14.6 Å². The largest absolute Gasteiger partial charge is 0.447 e. The summed E-state index contributed by atoms with van der Waals surface area (Å²) in [5.74, 6) is 0.234. The number of thioether (sulfide) groups is 1. The van der Waals surface area contributed by atoms with E-state index in [4.69, 9.17) is 14.6 Å².